The van der Waals surface area contributed by atoms with Gasteiger partial charge in [-0.2, -0.15) is 5.26 Å². The number of thiophene rings is 1. The number of hydrogen-bond acceptors (Lipinski definition) is 4. The van der Waals surface area contributed by atoms with Gasteiger partial charge < -0.3 is 5.32 Å². The zero-order valence-corrected chi connectivity index (χ0v) is 16.0. The number of anilines is 1. The molecule has 26 heavy (non-hydrogen) atoms. The van der Waals surface area contributed by atoms with Crippen molar-refractivity contribution >= 4 is 33.8 Å². The minimum Gasteiger partial charge on any atom is -0.317 e. The van der Waals surface area contributed by atoms with E-state index in [1.54, 1.807) is 11.3 Å². The van der Waals surface area contributed by atoms with Gasteiger partial charge in [0.1, 0.15) is 11.1 Å². The monoisotopic (exact) mass is 385 g/mol. The molecule has 0 radical (unpaired) electrons. The summed E-state index contributed by atoms with van der Waals surface area (Å²) >= 11 is 7.53. The molecule has 2 aliphatic rings. The molecule has 4 nitrogen and oxygen atoms in total. The molecular formula is C20H20ClN3OS. The van der Waals surface area contributed by atoms with Crippen molar-refractivity contribution in [2.24, 2.45) is 0 Å². The molecule has 1 unspecified atom stereocenters. The first-order valence-electron chi connectivity index (χ1n) is 8.99. The molecule has 0 bridgehead atoms. The topological polar surface area (TPSA) is 56.1 Å². The van der Waals surface area contributed by atoms with E-state index in [-0.39, 0.29) is 5.91 Å². The molecule has 1 aliphatic carbocycles. The van der Waals surface area contributed by atoms with Crippen LogP contribution < -0.4 is 5.32 Å². The fraction of sp³-hybridized carbons (Fsp3) is 0.400. The average Bonchev–Trinajstić information content (AvgIpc) is 3.16. The van der Waals surface area contributed by atoms with Crippen LogP contribution >= 0.6 is 22.9 Å². The Morgan fingerprint density at radius 1 is 1.35 bits per heavy atom. The molecule has 0 spiro atoms. The number of amides is 1. The summed E-state index contributed by atoms with van der Waals surface area (Å²) in [5.41, 5.74) is 3.08. The highest BCUT2D eigenvalue weighted by Crippen LogP contribution is 2.39. The van der Waals surface area contributed by atoms with Crippen molar-refractivity contribution in [3.05, 3.63) is 50.9 Å². The molecule has 2 heterocycles. The van der Waals surface area contributed by atoms with Gasteiger partial charge >= 0.3 is 0 Å². The van der Waals surface area contributed by atoms with Gasteiger partial charge in [0.05, 0.1) is 5.56 Å². The molecule has 1 aliphatic heterocycles. The second-order valence-electron chi connectivity index (χ2n) is 6.86. The number of nitrogens with zero attached hydrogens (tertiary/aromatic N) is 2. The Bertz CT molecular complexity index is 868. The van der Waals surface area contributed by atoms with E-state index in [0.717, 1.165) is 54.4 Å². The number of nitriles is 1. The third-order valence-electron chi connectivity index (χ3n) is 5.30. The van der Waals surface area contributed by atoms with Gasteiger partial charge in [-0.1, -0.05) is 23.7 Å². The largest absolute Gasteiger partial charge is 0.317 e. The molecule has 1 amide bonds. The van der Waals surface area contributed by atoms with Crippen LogP contribution in [0.4, 0.5) is 5.00 Å². The van der Waals surface area contributed by atoms with Crippen LogP contribution in [0.15, 0.2) is 24.3 Å². The predicted octanol–water partition coefficient (Wildman–Crippen LogP) is 4.54. The Morgan fingerprint density at radius 3 is 2.85 bits per heavy atom. The van der Waals surface area contributed by atoms with Gasteiger partial charge in [-0.25, -0.2) is 0 Å². The fourth-order valence-electron chi connectivity index (χ4n) is 3.82. The van der Waals surface area contributed by atoms with E-state index in [1.165, 1.54) is 10.4 Å². The Balaban J connectivity index is 1.33. The molecule has 1 aromatic carbocycles. The van der Waals surface area contributed by atoms with Gasteiger partial charge in [-0.3, -0.25) is 9.69 Å². The second kappa shape index (κ2) is 7.40. The summed E-state index contributed by atoms with van der Waals surface area (Å²) in [6.45, 7) is 1.74. The number of halogens is 1. The lowest BCUT2D eigenvalue weighted by atomic mass is 9.94. The zero-order chi connectivity index (χ0) is 18.1. The lowest BCUT2D eigenvalue weighted by molar-refractivity contribution is -0.117. The van der Waals surface area contributed by atoms with Crippen LogP contribution in [0.5, 0.6) is 0 Å². The summed E-state index contributed by atoms with van der Waals surface area (Å²) in [7, 11) is 0. The van der Waals surface area contributed by atoms with Crippen LogP contribution in [0, 0.1) is 11.3 Å². The number of carbonyl (C=O) groups excluding carboxylic acids is 1. The maximum Gasteiger partial charge on any atom is 0.226 e. The third kappa shape index (κ3) is 3.37. The van der Waals surface area contributed by atoms with Crippen molar-refractivity contribution in [1.82, 2.24) is 4.90 Å². The lowest BCUT2D eigenvalue weighted by Crippen LogP contribution is -2.42. The summed E-state index contributed by atoms with van der Waals surface area (Å²) in [6.07, 6.45) is 4.66. The predicted molar refractivity (Wildman–Crippen MR) is 105 cm³/mol. The maximum absolute atomic E-state index is 12.4. The van der Waals surface area contributed by atoms with Gasteiger partial charge in [0, 0.05) is 35.5 Å². The van der Waals surface area contributed by atoms with E-state index < -0.39 is 0 Å². The number of aryl methyl sites for hydroxylation is 1. The number of hydrogen-bond donors (Lipinski definition) is 1. The quantitative estimate of drug-likeness (QED) is 0.822. The fourth-order valence-corrected chi connectivity index (χ4v) is 5.20. The summed E-state index contributed by atoms with van der Waals surface area (Å²) in [6, 6.07) is 10.6. The van der Waals surface area contributed by atoms with Gasteiger partial charge in [0.2, 0.25) is 5.91 Å². The van der Waals surface area contributed by atoms with E-state index >= 15 is 0 Å². The molecule has 1 fully saturated rings. The maximum atomic E-state index is 12.4. The molecule has 134 valence electrons. The summed E-state index contributed by atoms with van der Waals surface area (Å²) in [4.78, 5) is 16.0. The molecule has 1 saturated heterocycles. The Kier molecular flexibility index (Phi) is 4.99. The lowest BCUT2D eigenvalue weighted by Gasteiger charge is -2.41. The number of fused-ring (bicyclic) bond motifs is 1. The molecular weight excluding hydrogens is 366 g/mol. The van der Waals surface area contributed by atoms with E-state index in [9.17, 15) is 10.1 Å². The molecule has 2 aromatic rings. The van der Waals surface area contributed by atoms with Crippen molar-refractivity contribution in [3.63, 3.8) is 0 Å². The smallest absolute Gasteiger partial charge is 0.226 e. The zero-order valence-electron chi connectivity index (χ0n) is 14.4. The van der Waals surface area contributed by atoms with Crippen LogP contribution in [-0.2, 0) is 17.6 Å². The van der Waals surface area contributed by atoms with Crippen LogP contribution in [0.2, 0.25) is 5.02 Å². The average molecular weight is 386 g/mol. The normalized spacial score (nSPS) is 18.8. The Hall–Kier alpha value is -1.87. The van der Waals surface area contributed by atoms with Gasteiger partial charge in [-0.05, 0) is 48.9 Å². The first-order valence-corrected chi connectivity index (χ1v) is 10.2. The standard InChI is InChI=1S/C20H20ClN3OS/c21-14-6-4-13(5-7-14)17-8-10-24(17)11-9-19(25)23-20-16(12-22)15-2-1-3-18(15)26-20/h4-7,17H,1-3,8-11H2,(H,23,25). The van der Waals surface area contributed by atoms with E-state index in [1.807, 2.05) is 12.1 Å². The molecule has 6 heteroatoms. The first-order chi connectivity index (χ1) is 12.7. The van der Waals surface area contributed by atoms with Gasteiger partial charge in [0.15, 0.2) is 0 Å². The summed E-state index contributed by atoms with van der Waals surface area (Å²) in [5, 5.41) is 13.9. The van der Waals surface area contributed by atoms with Gasteiger partial charge in [-0.15, -0.1) is 11.3 Å². The third-order valence-corrected chi connectivity index (χ3v) is 6.76. The van der Waals surface area contributed by atoms with Crippen LogP contribution in [0.3, 0.4) is 0 Å². The number of rotatable bonds is 5. The van der Waals surface area contributed by atoms with E-state index in [0.29, 0.717) is 18.0 Å². The van der Waals surface area contributed by atoms with Gasteiger partial charge in [0.25, 0.3) is 0 Å². The van der Waals surface area contributed by atoms with Crippen molar-refractivity contribution in [2.45, 2.75) is 38.1 Å². The van der Waals surface area contributed by atoms with E-state index in [4.69, 9.17) is 11.6 Å². The first kappa shape index (κ1) is 17.5. The van der Waals surface area contributed by atoms with Crippen LogP contribution in [0.1, 0.15) is 46.9 Å². The SMILES string of the molecule is N#Cc1c(NC(=O)CCN2CCC2c2ccc(Cl)cc2)sc2c1CCC2. The minimum absolute atomic E-state index is 0.0109. The number of nitrogens with one attached hydrogen (secondary N) is 1. The molecule has 1 aromatic heterocycles. The van der Waals surface area contributed by atoms with Crippen molar-refractivity contribution < 1.29 is 4.79 Å². The number of likely N-dealkylation sites (tertiary alicyclic amines) is 1. The minimum atomic E-state index is -0.0109. The highest BCUT2D eigenvalue weighted by Gasteiger charge is 2.29. The molecule has 1 N–H and O–H groups in total. The highest BCUT2D eigenvalue weighted by molar-refractivity contribution is 7.16. The number of benzene rings is 1. The Morgan fingerprint density at radius 2 is 2.15 bits per heavy atom. The van der Waals surface area contributed by atoms with Crippen LogP contribution in [0.25, 0.3) is 0 Å². The summed E-state index contributed by atoms with van der Waals surface area (Å²) < 4.78 is 0. The molecule has 0 saturated carbocycles. The molecule has 4 rings (SSSR count). The van der Waals surface area contributed by atoms with Crippen molar-refractivity contribution in [2.75, 3.05) is 18.4 Å². The Labute approximate surface area is 162 Å². The highest BCUT2D eigenvalue weighted by atomic mass is 35.5. The van der Waals surface area contributed by atoms with Crippen molar-refractivity contribution in [3.8, 4) is 6.07 Å². The molecule has 1 atom stereocenters. The van der Waals surface area contributed by atoms with E-state index in [2.05, 4.69) is 28.4 Å². The summed E-state index contributed by atoms with van der Waals surface area (Å²) in [5.74, 6) is -0.0109. The van der Waals surface area contributed by atoms with Crippen LogP contribution in [-0.4, -0.2) is 23.9 Å². The van der Waals surface area contributed by atoms with Crippen molar-refractivity contribution in [1.29, 1.82) is 5.26 Å². The second-order valence-corrected chi connectivity index (χ2v) is 8.41. The number of carbonyl (C=O) groups is 1.